The second kappa shape index (κ2) is 8.14. The molecule has 0 bridgehead atoms. The van der Waals surface area contributed by atoms with Gasteiger partial charge in [0.15, 0.2) is 0 Å². The summed E-state index contributed by atoms with van der Waals surface area (Å²) in [6, 6.07) is 19.8. The van der Waals surface area contributed by atoms with Gasteiger partial charge >= 0.3 is 5.97 Å². The van der Waals surface area contributed by atoms with Gasteiger partial charge in [-0.15, -0.1) is 0 Å². The molecule has 0 radical (unpaired) electrons. The lowest BCUT2D eigenvalue weighted by atomic mass is 10.1. The number of carbonyl (C=O) groups excluding carboxylic acids is 1. The first-order chi connectivity index (χ1) is 13.0. The first kappa shape index (κ1) is 18.1. The first-order valence-electron chi connectivity index (χ1n) is 8.39. The highest BCUT2D eigenvalue weighted by Gasteiger charge is 2.17. The summed E-state index contributed by atoms with van der Waals surface area (Å²) in [4.78, 5) is 30.0. The van der Waals surface area contributed by atoms with Gasteiger partial charge in [0.2, 0.25) is 0 Å². The van der Waals surface area contributed by atoms with Crippen LogP contribution in [0, 0.1) is 0 Å². The number of carboxylic acids is 1. The normalized spacial score (nSPS) is 10.3. The molecule has 0 aliphatic heterocycles. The van der Waals surface area contributed by atoms with Crippen LogP contribution >= 0.6 is 0 Å². The Morgan fingerprint density at radius 1 is 1.04 bits per heavy atom. The average Bonchev–Trinajstić information content (AvgIpc) is 2.69. The van der Waals surface area contributed by atoms with Gasteiger partial charge in [0, 0.05) is 19.2 Å². The summed E-state index contributed by atoms with van der Waals surface area (Å²) in [5.41, 5.74) is 1.89. The van der Waals surface area contributed by atoms with Crippen LogP contribution in [0.2, 0.25) is 0 Å². The number of pyridine rings is 1. The van der Waals surface area contributed by atoms with Crippen LogP contribution in [0.25, 0.3) is 0 Å². The number of nitrogens with zero attached hydrogens (tertiary/aromatic N) is 2. The van der Waals surface area contributed by atoms with Crippen molar-refractivity contribution in [3.8, 4) is 0 Å². The largest absolute Gasteiger partial charge is 0.478 e. The van der Waals surface area contributed by atoms with E-state index in [-0.39, 0.29) is 11.5 Å². The fraction of sp³-hybridized carbons (Fsp3) is 0.0952. The molecule has 0 saturated heterocycles. The topological polar surface area (TPSA) is 82.5 Å². The number of aromatic nitrogens is 1. The predicted octanol–water partition coefficient (Wildman–Crippen LogP) is 3.67. The van der Waals surface area contributed by atoms with Crippen molar-refractivity contribution in [1.29, 1.82) is 0 Å². The molecule has 0 saturated carbocycles. The number of hydrogen-bond acceptors (Lipinski definition) is 4. The number of anilines is 2. The van der Waals surface area contributed by atoms with Crippen LogP contribution in [0.15, 0.2) is 72.9 Å². The van der Waals surface area contributed by atoms with Crippen LogP contribution in [0.1, 0.15) is 26.3 Å². The molecule has 1 heterocycles. The number of aromatic carboxylic acids is 1. The van der Waals surface area contributed by atoms with Crippen LogP contribution in [-0.2, 0) is 6.54 Å². The summed E-state index contributed by atoms with van der Waals surface area (Å²) in [6.45, 7) is 0.518. The lowest BCUT2D eigenvalue weighted by Crippen LogP contribution is -2.21. The molecule has 1 aromatic heterocycles. The Kier molecular flexibility index (Phi) is 5.47. The van der Waals surface area contributed by atoms with E-state index in [1.807, 2.05) is 36.4 Å². The van der Waals surface area contributed by atoms with Crippen molar-refractivity contribution in [1.82, 2.24) is 4.98 Å². The fourth-order valence-corrected chi connectivity index (χ4v) is 2.71. The van der Waals surface area contributed by atoms with E-state index in [0.717, 1.165) is 5.56 Å². The fourth-order valence-electron chi connectivity index (χ4n) is 2.71. The minimum Gasteiger partial charge on any atom is -0.478 e. The Bertz CT molecular complexity index is 943. The molecule has 0 atom stereocenters. The molecule has 0 unspecified atom stereocenters. The maximum Gasteiger partial charge on any atom is 0.339 e. The Labute approximate surface area is 157 Å². The van der Waals surface area contributed by atoms with E-state index in [4.69, 9.17) is 0 Å². The Morgan fingerprint density at radius 3 is 2.30 bits per heavy atom. The SMILES string of the molecule is CN(Cc1ccccc1)c1ncc(NC(=O)c2ccccc2)cc1C(=O)O. The van der Waals surface area contributed by atoms with E-state index >= 15 is 0 Å². The average molecular weight is 361 g/mol. The number of carbonyl (C=O) groups is 2. The number of hydrogen-bond donors (Lipinski definition) is 2. The molecule has 0 spiro atoms. The van der Waals surface area contributed by atoms with Crippen molar-refractivity contribution in [2.24, 2.45) is 0 Å². The summed E-state index contributed by atoms with van der Waals surface area (Å²) < 4.78 is 0. The zero-order valence-corrected chi connectivity index (χ0v) is 14.8. The molecular formula is C21H19N3O3. The molecule has 6 nitrogen and oxygen atoms in total. The molecule has 3 rings (SSSR count). The third-order valence-electron chi connectivity index (χ3n) is 4.02. The lowest BCUT2D eigenvalue weighted by molar-refractivity contribution is 0.0696. The van der Waals surface area contributed by atoms with Gasteiger partial charge < -0.3 is 15.3 Å². The van der Waals surface area contributed by atoms with Gasteiger partial charge in [-0.25, -0.2) is 9.78 Å². The third kappa shape index (κ3) is 4.49. The molecule has 0 fully saturated rings. The van der Waals surface area contributed by atoms with Crippen LogP contribution in [0.4, 0.5) is 11.5 Å². The standard InChI is InChI=1S/C21H19N3O3/c1-24(14-15-8-4-2-5-9-15)19-18(21(26)27)12-17(13-22-19)23-20(25)16-10-6-3-7-11-16/h2-13H,14H2,1H3,(H,23,25)(H,26,27). The highest BCUT2D eigenvalue weighted by Crippen LogP contribution is 2.22. The minimum atomic E-state index is -1.10. The van der Waals surface area contributed by atoms with Crippen molar-refractivity contribution < 1.29 is 14.7 Å². The van der Waals surface area contributed by atoms with Crippen molar-refractivity contribution in [2.75, 3.05) is 17.3 Å². The van der Waals surface area contributed by atoms with E-state index in [2.05, 4.69) is 10.3 Å². The van der Waals surface area contributed by atoms with Gasteiger partial charge in [-0.2, -0.15) is 0 Å². The third-order valence-corrected chi connectivity index (χ3v) is 4.02. The summed E-state index contributed by atoms with van der Waals surface area (Å²) in [7, 11) is 1.78. The van der Waals surface area contributed by atoms with E-state index in [1.54, 1.807) is 36.2 Å². The van der Waals surface area contributed by atoms with Crippen molar-refractivity contribution in [3.63, 3.8) is 0 Å². The second-order valence-electron chi connectivity index (χ2n) is 6.06. The molecule has 3 aromatic rings. The summed E-state index contributed by atoms with van der Waals surface area (Å²) in [6.07, 6.45) is 1.46. The van der Waals surface area contributed by atoms with Crippen LogP contribution in [0.5, 0.6) is 0 Å². The molecule has 2 N–H and O–H groups in total. The molecule has 0 aliphatic carbocycles. The van der Waals surface area contributed by atoms with Crippen molar-refractivity contribution in [2.45, 2.75) is 6.54 Å². The Morgan fingerprint density at radius 2 is 1.67 bits per heavy atom. The highest BCUT2D eigenvalue weighted by atomic mass is 16.4. The predicted molar refractivity (Wildman–Crippen MR) is 104 cm³/mol. The lowest BCUT2D eigenvalue weighted by Gasteiger charge is -2.20. The summed E-state index contributed by atoms with van der Waals surface area (Å²) in [5, 5.41) is 12.3. The molecule has 2 aromatic carbocycles. The monoisotopic (exact) mass is 361 g/mol. The molecule has 27 heavy (non-hydrogen) atoms. The Hall–Kier alpha value is -3.67. The smallest absolute Gasteiger partial charge is 0.339 e. The Balaban J connectivity index is 1.82. The van der Waals surface area contributed by atoms with Crippen molar-refractivity contribution in [3.05, 3.63) is 89.6 Å². The number of carboxylic acid groups (broad SMARTS) is 1. The quantitative estimate of drug-likeness (QED) is 0.700. The summed E-state index contributed by atoms with van der Waals surface area (Å²) in [5.74, 6) is -1.09. The molecule has 136 valence electrons. The minimum absolute atomic E-state index is 0.0271. The van der Waals surface area contributed by atoms with Crippen LogP contribution in [0.3, 0.4) is 0 Å². The number of nitrogens with one attached hydrogen (secondary N) is 1. The summed E-state index contributed by atoms with van der Waals surface area (Å²) >= 11 is 0. The van der Waals surface area contributed by atoms with E-state index in [1.165, 1.54) is 12.3 Å². The molecule has 0 aliphatic rings. The second-order valence-corrected chi connectivity index (χ2v) is 6.06. The number of benzene rings is 2. The zero-order valence-electron chi connectivity index (χ0n) is 14.8. The maximum atomic E-state index is 12.3. The molecular weight excluding hydrogens is 342 g/mol. The zero-order chi connectivity index (χ0) is 19.2. The molecule has 1 amide bonds. The van der Waals surface area contributed by atoms with E-state index in [9.17, 15) is 14.7 Å². The number of rotatable bonds is 6. The van der Waals surface area contributed by atoms with Gasteiger partial charge in [0.1, 0.15) is 11.4 Å². The van der Waals surface area contributed by atoms with Crippen molar-refractivity contribution >= 4 is 23.4 Å². The highest BCUT2D eigenvalue weighted by molar-refractivity contribution is 6.05. The van der Waals surface area contributed by atoms with Gasteiger partial charge in [-0.05, 0) is 23.8 Å². The van der Waals surface area contributed by atoms with Gasteiger partial charge in [0.05, 0.1) is 11.9 Å². The van der Waals surface area contributed by atoms with E-state index < -0.39 is 5.97 Å². The van der Waals surface area contributed by atoms with Gasteiger partial charge in [0.25, 0.3) is 5.91 Å². The van der Waals surface area contributed by atoms with Gasteiger partial charge in [-0.3, -0.25) is 4.79 Å². The van der Waals surface area contributed by atoms with Crippen LogP contribution < -0.4 is 10.2 Å². The van der Waals surface area contributed by atoms with E-state index in [0.29, 0.717) is 23.6 Å². The van der Waals surface area contributed by atoms with Gasteiger partial charge in [-0.1, -0.05) is 48.5 Å². The van der Waals surface area contributed by atoms with Crippen LogP contribution in [-0.4, -0.2) is 29.0 Å². The first-order valence-corrected chi connectivity index (χ1v) is 8.39. The maximum absolute atomic E-state index is 12.3. The molecule has 6 heteroatoms. The number of amides is 1.